The summed E-state index contributed by atoms with van der Waals surface area (Å²) in [6.07, 6.45) is 11.3. The molecule has 3 unspecified atom stereocenters. The zero-order chi connectivity index (χ0) is 13.1. The Kier molecular flexibility index (Phi) is 4.80. The molecule has 3 aliphatic heterocycles. The maximum atomic E-state index is 12.4. The van der Waals surface area contributed by atoms with Crippen LogP contribution in [0.5, 0.6) is 0 Å². The van der Waals surface area contributed by atoms with Crippen LogP contribution in [0.2, 0.25) is 0 Å². The van der Waals surface area contributed by atoms with Crippen molar-refractivity contribution in [3.05, 3.63) is 0 Å². The highest BCUT2D eigenvalue weighted by Crippen LogP contribution is 2.52. The van der Waals surface area contributed by atoms with Gasteiger partial charge in [-0.1, -0.05) is 13.3 Å². The Morgan fingerprint density at radius 1 is 1.44 bits per heavy atom. The van der Waals surface area contributed by atoms with Gasteiger partial charge in [0.2, 0.25) is 0 Å². The van der Waals surface area contributed by atoms with E-state index < -0.39 is 15.1 Å². The minimum atomic E-state index is -0.844. The van der Waals surface area contributed by atoms with E-state index in [1.807, 2.05) is 0 Å². The van der Waals surface area contributed by atoms with Crippen molar-refractivity contribution >= 4 is 22.6 Å². The molecular weight excluding hydrogens is 264 g/mol. The minimum Gasteiger partial charge on any atom is -0.352 e. The lowest BCUT2D eigenvalue weighted by Gasteiger charge is -2.51. The molecule has 3 saturated heterocycles. The van der Waals surface area contributed by atoms with Gasteiger partial charge in [0.05, 0.1) is 17.4 Å². The van der Waals surface area contributed by atoms with Crippen LogP contribution in [0.3, 0.4) is 0 Å². The predicted molar refractivity (Wildman–Crippen MR) is 78.8 cm³/mol. The van der Waals surface area contributed by atoms with Crippen LogP contribution < -0.4 is 0 Å². The van der Waals surface area contributed by atoms with E-state index in [2.05, 4.69) is 12.8 Å². The normalized spacial score (nSPS) is 38.6. The second-order valence-electron chi connectivity index (χ2n) is 5.41. The molecule has 2 bridgehead atoms. The maximum absolute atomic E-state index is 12.4. The lowest BCUT2D eigenvalue weighted by Crippen LogP contribution is -2.56. The molecule has 102 valence electrons. The Morgan fingerprint density at radius 2 is 2.28 bits per heavy atom. The summed E-state index contributed by atoms with van der Waals surface area (Å²) < 4.78 is 18.1. The summed E-state index contributed by atoms with van der Waals surface area (Å²) in [6, 6.07) is 0. The summed E-state index contributed by atoms with van der Waals surface area (Å²) >= 11 is 1.79. The van der Waals surface area contributed by atoms with Crippen molar-refractivity contribution < 1.29 is 8.95 Å². The van der Waals surface area contributed by atoms with Gasteiger partial charge in [0.25, 0.3) is 0 Å². The van der Waals surface area contributed by atoms with E-state index in [1.54, 1.807) is 11.8 Å². The molecule has 0 spiro atoms. The Hall–Kier alpha value is 0.0200. The van der Waals surface area contributed by atoms with Crippen LogP contribution in [0.25, 0.3) is 0 Å². The molecule has 0 saturated carbocycles. The van der Waals surface area contributed by atoms with E-state index in [1.165, 1.54) is 0 Å². The van der Waals surface area contributed by atoms with Crippen LogP contribution in [-0.4, -0.2) is 26.6 Å². The third-order valence-electron chi connectivity index (χ3n) is 3.82. The first-order chi connectivity index (χ1) is 8.66. The van der Waals surface area contributed by atoms with Crippen molar-refractivity contribution in [2.75, 3.05) is 18.1 Å². The summed E-state index contributed by atoms with van der Waals surface area (Å²) in [7, 11) is -0.844. The van der Waals surface area contributed by atoms with E-state index in [9.17, 15) is 4.21 Å². The molecule has 3 heterocycles. The first kappa shape index (κ1) is 14.4. The number of rotatable bonds is 6. The van der Waals surface area contributed by atoms with E-state index >= 15 is 0 Å². The van der Waals surface area contributed by atoms with Gasteiger partial charge in [0.1, 0.15) is 0 Å². The van der Waals surface area contributed by atoms with Gasteiger partial charge in [-0.25, -0.2) is 0 Å². The number of fused-ring (bicyclic) bond motifs is 3. The fraction of sp³-hybridized carbons (Fsp3) is 0.857. The minimum absolute atomic E-state index is 0.185. The molecule has 0 amide bonds. The maximum Gasteiger partial charge on any atom is 0.188 e. The van der Waals surface area contributed by atoms with Crippen molar-refractivity contribution in [1.29, 1.82) is 0 Å². The van der Waals surface area contributed by atoms with Crippen LogP contribution in [0.1, 0.15) is 45.4 Å². The van der Waals surface area contributed by atoms with Crippen LogP contribution in [0, 0.1) is 17.8 Å². The Balaban J connectivity index is 1.93. The SMILES string of the molecule is C#CCCCCC12OCC(CCC)(CS1)CS2=O. The average molecular weight is 286 g/mol. The van der Waals surface area contributed by atoms with Gasteiger partial charge in [0, 0.05) is 23.3 Å². The number of terminal acetylenes is 1. The molecule has 18 heavy (non-hydrogen) atoms. The monoisotopic (exact) mass is 286 g/mol. The molecule has 3 rings (SSSR count). The molecule has 0 aromatic carbocycles. The van der Waals surface area contributed by atoms with Gasteiger partial charge >= 0.3 is 0 Å². The molecule has 0 aliphatic carbocycles. The third kappa shape index (κ3) is 2.79. The van der Waals surface area contributed by atoms with Gasteiger partial charge in [-0.05, 0) is 25.7 Å². The molecule has 0 radical (unpaired) electrons. The van der Waals surface area contributed by atoms with Crippen molar-refractivity contribution in [2.45, 2.75) is 49.7 Å². The highest BCUT2D eigenvalue weighted by molar-refractivity contribution is 8.12. The van der Waals surface area contributed by atoms with Crippen LogP contribution in [-0.2, 0) is 15.5 Å². The van der Waals surface area contributed by atoms with Crippen molar-refractivity contribution in [1.82, 2.24) is 0 Å². The molecular formula is C14H22O2S2. The lowest BCUT2D eigenvalue weighted by atomic mass is 9.88. The topological polar surface area (TPSA) is 26.3 Å². The highest BCUT2D eigenvalue weighted by atomic mass is 32.2. The van der Waals surface area contributed by atoms with E-state index in [0.717, 1.165) is 56.6 Å². The highest BCUT2D eigenvalue weighted by Gasteiger charge is 2.54. The van der Waals surface area contributed by atoms with E-state index in [0.29, 0.717) is 0 Å². The number of thioether (sulfide) groups is 1. The van der Waals surface area contributed by atoms with E-state index in [-0.39, 0.29) is 5.41 Å². The van der Waals surface area contributed by atoms with Crippen LogP contribution >= 0.6 is 11.8 Å². The van der Waals surface area contributed by atoms with Gasteiger partial charge in [-0.3, -0.25) is 4.21 Å². The summed E-state index contributed by atoms with van der Waals surface area (Å²) in [5.74, 6) is 4.61. The van der Waals surface area contributed by atoms with Gasteiger partial charge < -0.3 is 4.74 Å². The molecule has 0 aromatic rings. The third-order valence-corrected chi connectivity index (χ3v) is 8.14. The number of unbranched alkanes of at least 4 members (excludes halogenated alkanes) is 2. The zero-order valence-electron chi connectivity index (χ0n) is 11.1. The smallest absolute Gasteiger partial charge is 0.188 e. The standard InChI is InChI=1S/C14H22O2S2/c1-3-5-6-7-9-14-16-10-13(8-4-2,11-17-14)12-18(14)15/h1H,4-12H2,2H3. The van der Waals surface area contributed by atoms with E-state index in [4.69, 9.17) is 11.2 Å². The summed E-state index contributed by atoms with van der Waals surface area (Å²) in [5.41, 5.74) is 0.185. The lowest BCUT2D eigenvalue weighted by molar-refractivity contribution is -0.00461. The first-order valence-corrected chi connectivity index (χ1v) is 9.07. The van der Waals surface area contributed by atoms with Crippen LogP contribution in [0.4, 0.5) is 0 Å². The molecule has 3 aliphatic rings. The largest absolute Gasteiger partial charge is 0.352 e. The molecule has 0 aromatic heterocycles. The second kappa shape index (κ2) is 5.98. The van der Waals surface area contributed by atoms with Crippen molar-refractivity contribution in [3.63, 3.8) is 0 Å². The predicted octanol–water partition coefficient (Wildman–Crippen LogP) is 3.15. The fourth-order valence-electron chi connectivity index (χ4n) is 2.79. The first-order valence-electron chi connectivity index (χ1n) is 6.76. The summed E-state index contributed by atoms with van der Waals surface area (Å²) in [6.45, 7) is 2.99. The molecule has 3 atom stereocenters. The van der Waals surface area contributed by atoms with Gasteiger partial charge in [-0.15, -0.1) is 24.1 Å². The summed E-state index contributed by atoms with van der Waals surface area (Å²) in [5, 5.41) is 0. The average Bonchev–Trinajstić information content (AvgIpc) is 2.37. The number of ether oxygens (including phenoxy) is 1. The molecule has 0 N–H and O–H groups in total. The quantitative estimate of drug-likeness (QED) is 0.554. The van der Waals surface area contributed by atoms with Crippen molar-refractivity contribution in [3.8, 4) is 12.3 Å². The van der Waals surface area contributed by atoms with Gasteiger partial charge in [0.15, 0.2) is 4.27 Å². The second-order valence-corrected chi connectivity index (χ2v) is 8.55. The van der Waals surface area contributed by atoms with Crippen LogP contribution in [0.15, 0.2) is 0 Å². The van der Waals surface area contributed by atoms with Crippen molar-refractivity contribution in [2.24, 2.45) is 5.41 Å². The fourth-order valence-corrected chi connectivity index (χ4v) is 6.75. The van der Waals surface area contributed by atoms with Gasteiger partial charge in [-0.2, -0.15) is 0 Å². The Labute approximate surface area is 117 Å². The number of hydrogen-bond donors (Lipinski definition) is 0. The summed E-state index contributed by atoms with van der Waals surface area (Å²) in [4.78, 5) is 0. The number of hydrogen-bond acceptors (Lipinski definition) is 3. The Morgan fingerprint density at radius 3 is 2.83 bits per heavy atom. The molecule has 2 nitrogen and oxygen atoms in total. The molecule has 3 fully saturated rings. The Bertz CT molecular complexity index is 351. The zero-order valence-corrected chi connectivity index (χ0v) is 12.7. The molecule has 4 heteroatoms.